The molecule has 0 saturated carbocycles. The van der Waals surface area contributed by atoms with Gasteiger partial charge in [-0.1, -0.05) is 41.9 Å². The third-order valence-electron chi connectivity index (χ3n) is 12.8. The van der Waals surface area contributed by atoms with E-state index in [-0.39, 0.29) is 57.5 Å². The van der Waals surface area contributed by atoms with E-state index in [9.17, 15) is 42.6 Å². The molecular weight excluding hydrogens is 926 g/mol. The van der Waals surface area contributed by atoms with Crippen LogP contribution in [0.25, 0.3) is 21.5 Å². The van der Waals surface area contributed by atoms with Crippen molar-refractivity contribution < 1.29 is 47.7 Å². The fourth-order valence-corrected chi connectivity index (χ4v) is 13.0. The molecule has 3 saturated heterocycles. The number of aliphatic hydroxyl groups is 1. The molecule has 0 bridgehead atoms. The number of carboxylic acids is 2. The van der Waals surface area contributed by atoms with Crippen LogP contribution in [-0.2, 0) is 32.4 Å². The number of carbonyl (C=O) groups is 4. The smallest absolute Gasteiger partial charge is 0.349 e. The standard InChI is InChI=1S/C46H52ClN7O11S2/c1-46(2)23-32(48-31-9-5-7-29(21-31)40-38(47)39(65-24-37(56)57)41(66-40)43(59)60)16-19-53(46)67(63,64)25-26-6-4-8-30(20-26)49-44(61)52-17-14-27(15-18-52)28-10-11-33-35(22-28)51(3)45(62)54(33)34-12-13-36(55)50-42(34)58/h4-11,20-22,27,32,34,36,48,55H,12-19,23-25H2,1-3H3,(H,49,61)(H,50,58)(H,56,57)(H,59,60)/t32-,34?,36?/m0/s1. The normalized spacial score (nSPS) is 20.3. The molecule has 0 radical (unpaired) electrons. The number of ether oxygens (including phenoxy) is 1. The van der Waals surface area contributed by atoms with E-state index in [2.05, 4.69) is 16.0 Å². The number of thiophene rings is 1. The number of anilines is 2. The summed E-state index contributed by atoms with van der Waals surface area (Å²) in [4.78, 5) is 64.4. The van der Waals surface area contributed by atoms with Crippen molar-refractivity contribution >= 4 is 79.2 Å². The largest absolute Gasteiger partial charge is 0.479 e. The number of aliphatic carboxylic acids is 1. The van der Waals surface area contributed by atoms with E-state index in [1.54, 1.807) is 54.4 Å². The number of piperidine rings is 3. The number of halogens is 1. The molecule has 5 aromatic rings. The van der Waals surface area contributed by atoms with E-state index in [4.69, 9.17) is 21.4 Å². The molecular formula is C46H52ClN7O11S2. The predicted octanol–water partition coefficient (Wildman–Crippen LogP) is 6.25. The van der Waals surface area contributed by atoms with Gasteiger partial charge in [0.05, 0.1) is 21.7 Å². The number of carbonyl (C=O) groups excluding carboxylic acids is 2. The average Bonchev–Trinajstić information content (AvgIpc) is 3.73. The highest BCUT2D eigenvalue weighted by Gasteiger charge is 2.42. The summed E-state index contributed by atoms with van der Waals surface area (Å²) in [5.41, 5.74) is 3.64. The van der Waals surface area contributed by atoms with Crippen molar-refractivity contribution in [3.05, 3.63) is 98.2 Å². The first kappa shape index (κ1) is 47.6. The fraction of sp³-hybridized carbons (Fsp3) is 0.413. The van der Waals surface area contributed by atoms with Crippen LogP contribution in [0.2, 0.25) is 5.02 Å². The van der Waals surface area contributed by atoms with Crippen LogP contribution in [0.5, 0.6) is 5.75 Å². The summed E-state index contributed by atoms with van der Waals surface area (Å²) in [5.74, 6) is -3.29. The van der Waals surface area contributed by atoms with Crippen LogP contribution in [-0.4, -0.2) is 110 Å². The molecule has 0 spiro atoms. The summed E-state index contributed by atoms with van der Waals surface area (Å²) in [7, 11) is -2.13. The number of fused-ring (bicyclic) bond motifs is 1. The molecule has 5 heterocycles. The van der Waals surface area contributed by atoms with Crippen LogP contribution in [0.15, 0.2) is 71.5 Å². The number of likely N-dealkylation sites (tertiary alicyclic amines) is 1. The zero-order valence-corrected chi connectivity index (χ0v) is 39.4. The van der Waals surface area contributed by atoms with Gasteiger partial charge in [0, 0.05) is 49.6 Å². The number of nitrogens with zero attached hydrogens (tertiary/aromatic N) is 4. The number of hydrogen-bond acceptors (Lipinski definition) is 11. The van der Waals surface area contributed by atoms with E-state index in [0.717, 1.165) is 16.9 Å². The van der Waals surface area contributed by atoms with Gasteiger partial charge in [-0.15, -0.1) is 11.3 Å². The molecule has 3 aromatic carbocycles. The molecule has 0 aliphatic carbocycles. The number of aliphatic hydroxyl groups excluding tert-OH is 1. The van der Waals surface area contributed by atoms with Crippen LogP contribution < -0.4 is 26.4 Å². The van der Waals surface area contributed by atoms with Crippen molar-refractivity contribution in [1.82, 2.24) is 23.7 Å². The summed E-state index contributed by atoms with van der Waals surface area (Å²) in [6.07, 6.45) is 2.15. The van der Waals surface area contributed by atoms with Gasteiger partial charge in [-0.25, -0.2) is 27.6 Å². The number of aromatic nitrogens is 2. The zero-order chi connectivity index (χ0) is 47.9. The first-order valence-electron chi connectivity index (χ1n) is 21.9. The van der Waals surface area contributed by atoms with Crippen LogP contribution in [0.4, 0.5) is 16.2 Å². The predicted molar refractivity (Wildman–Crippen MR) is 254 cm³/mol. The van der Waals surface area contributed by atoms with Gasteiger partial charge in [0.15, 0.2) is 17.2 Å². The number of aromatic carboxylic acids is 1. The lowest BCUT2D eigenvalue weighted by Gasteiger charge is -2.45. The molecule has 21 heteroatoms. The number of benzene rings is 3. The zero-order valence-electron chi connectivity index (χ0n) is 37.0. The quantitative estimate of drug-likeness (QED) is 0.0768. The Bertz CT molecular complexity index is 2920. The minimum atomic E-state index is -3.81. The van der Waals surface area contributed by atoms with Crippen molar-refractivity contribution in [3.8, 4) is 16.2 Å². The van der Waals surface area contributed by atoms with Crippen LogP contribution in [0.1, 0.15) is 85.1 Å². The number of rotatable bonds is 13. The Morgan fingerprint density at radius 2 is 1.66 bits per heavy atom. The number of sulfonamides is 1. The summed E-state index contributed by atoms with van der Waals surface area (Å²) in [6.45, 7) is 4.25. The molecule has 2 aromatic heterocycles. The Hall–Kier alpha value is -5.93. The molecule has 6 N–H and O–H groups in total. The highest BCUT2D eigenvalue weighted by atomic mass is 35.5. The lowest BCUT2D eigenvalue weighted by molar-refractivity contribution is -0.139. The monoisotopic (exact) mass is 977 g/mol. The van der Waals surface area contributed by atoms with E-state index in [0.29, 0.717) is 90.0 Å². The Balaban J connectivity index is 0.858. The number of nitrogens with one attached hydrogen (secondary N) is 3. The molecule has 3 aliphatic rings. The minimum absolute atomic E-state index is 0.00204. The van der Waals surface area contributed by atoms with Gasteiger partial charge in [-0.2, -0.15) is 4.31 Å². The Kier molecular flexibility index (Phi) is 13.5. The van der Waals surface area contributed by atoms with Crippen molar-refractivity contribution in [2.24, 2.45) is 7.05 Å². The first-order valence-corrected chi connectivity index (χ1v) is 24.7. The first-order chi connectivity index (χ1) is 31.8. The minimum Gasteiger partial charge on any atom is -0.479 e. The third kappa shape index (κ3) is 10.0. The molecule has 67 heavy (non-hydrogen) atoms. The summed E-state index contributed by atoms with van der Waals surface area (Å²) < 4.78 is 37.9. The SMILES string of the molecule is Cn1c(=O)n(C2CCC(O)NC2=O)c2ccc(C3CCN(C(=O)Nc4cccc(CS(=O)(=O)N5CC[C@H](Nc6cccc(-c7sc(C(=O)O)c(OCC(=O)O)c7Cl)c6)CC5(C)C)c4)CC3)cc21. The molecule has 3 atom stereocenters. The molecule has 2 unspecified atom stereocenters. The van der Waals surface area contributed by atoms with E-state index >= 15 is 0 Å². The van der Waals surface area contributed by atoms with Crippen LogP contribution >= 0.6 is 22.9 Å². The van der Waals surface area contributed by atoms with Gasteiger partial charge in [0.1, 0.15) is 17.3 Å². The van der Waals surface area contributed by atoms with E-state index in [1.165, 1.54) is 13.4 Å². The van der Waals surface area contributed by atoms with Gasteiger partial charge < -0.3 is 40.9 Å². The number of hydrogen-bond donors (Lipinski definition) is 6. The van der Waals surface area contributed by atoms with Crippen molar-refractivity contribution in [3.63, 3.8) is 0 Å². The number of aryl methyl sites for hydroxylation is 1. The third-order valence-corrected chi connectivity index (χ3v) is 16.5. The Labute approximate surface area is 395 Å². The number of urea groups is 1. The van der Waals surface area contributed by atoms with E-state index in [1.807, 2.05) is 38.1 Å². The topological polar surface area (TPSA) is 242 Å². The summed E-state index contributed by atoms with van der Waals surface area (Å²) in [5, 5.41) is 37.6. The van der Waals surface area contributed by atoms with Crippen LogP contribution in [0, 0.1) is 0 Å². The maximum atomic E-state index is 14.0. The Morgan fingerprint density at radius 3 is 2.36 bits per heavy atom. The molecule has 3 amide bonds. The van der Waals surface area contributed by atoms with Crippen molar-refractivity contribution in [1.29, 1.82) is 0 Å². The van der Waals surface area contributed by atoms with Gasteiger partial charge in [-0.05, 0) is 111 Å². The van der Waals surface area contributed by atoms with Gasteiger partial charge >= 0.3 is 23.7 Å². The molecule has 3 fully saturated rings. The van der Waals surface area contributed by atoms with Gasteiger partial charge in [0.2, 0.25) is 15.9 Å². The highest BCUT2D eigenvalue weighted by molar-refractivity contribution is 7.88. The lowest BCUT2D eigenvalue weighted by Crippen LogP contribution is -2.55. The van der Waals surface area contributed by atoms with E-state index < -0.39 is 46.4 Å². The maximum Gasteiger partial charge on any atom is 0.349 e. The molecule has 18 nitrogen and oxygen atoms in total. The number of carboxylic acid groups (broad SMARTS) is 2. The second-order valence-corrected chi connectivity index (χ2v) is 21.2. The van der Waals surface area contributed by atoms with Gasteiger partial charge in [0.25, 0.3) is 0 Å². The molecule has 356 valence electrons. The summed E-state index contributed by atoms with van der Waals surface area (Å²) >= 11 is 7.40. The average molecular weight is 979 g/mol. The Morgan fingerprint density at radius 1 is 0.925 bits per heavy atom. The van der Waals surface area contributed by atoms with Gasteiger partial charge in [-0.3, -0.25) is 13.9 Å². The van der Waals surface area contributed by atoms with Crippen molar-refractivity contribution in [2.75, 3.05) is 36.9 Å². The number of imidazole rings is 1. The lowest BCUT2D eigenvalue weighted by atomic mass is 9.89. The fourth-order valence-electron chi connectivity index (χ4n) is 9.60. The number of amides is 3. The maximum absolute atomic E-state index is 14.0. The van der Waals surface area contributed by atoms with Crippen molar-refractivity contribution in [2.45, 2.75) is 87.9 Å². The molecule has 3 aliphatic heterocycles. The molecule has 8 rings (SSSR count). The van der Waals surface area contributed by atoms with Crippen LogP contribution in [0.3, 0.4) is 0 Å². The second kappa shape index (κ2) is 19.0. The highest BCUT2D eigenvalue weighted by Crippen LogP contribution is 2.46. The second-order valence-electron chi connectivity index (χ2n) is 17.9. The summed E-state index contributed by atoms with van der Waals surface area (Å²) in [6, 6.07) is 18.8.